The van der Waals surface area contributed by atoms with Crippen molar-refractivity contribution < 1.29 is 9.53 Å². The molecule has 0 radical (unpaired) electrons. The second-order valence-corrected chi connectivity index (χ2v) is 9.10. The summed E-state index contributed by atoms with van der Waals surface area (Å²) in [5.41, 5.74) is 1.41. The van der Waals surface area contributed by atoms with Crippen LogP contribution in [0.5, 0.6) is 5.75 Å². The van der Waals surface area contributed by atoms with Gasteiger partial charge in [-0.3, -0.25) is 9.69 Å². The van der Waals surface area contributed by atoms with Crippen molar-refractivity contribution in [3.63, 3.8) is 0 Å². The van der Waals surface area contributed by atoms with E-state index in [9.17, 15) is 4.79 Å². The SMILES string of the molecule is CCOc1c(C)ccc2cc(C(=O)NC3C4CCN(CC4)C34CC4)sc12. The summed E-state index contributed by atoms with van der Waals surface area (Å²) in [6, 6.07) is 6.53. The highest BCUT2D eigenvalue weighted by Gasteiger charge is 2.60. The minimum atomic E-state index is 0.0938. The Morgan fingerprint density at radius 2 is 2.12 bits per heavy atom. The lowest BCUT2D eigenvalue weighted by Crippen LogP contribution is -2.65. The van der Waals surface area contributed by atoms with Crippen LogP contribution in [0.1, 0.15) is 47.8 Å². The van der Waals surface area contributed by atoms with Gasteiger partial charge in [-0.05, 0) is 75.6 Å². The van der Waals surface area contributed by atoms with Gasteiger partial charge in [0.2, 0.25) is 0 Å². The van der Waals surface area contributed by atoms with E-state index in [1.807, 2.05) is 13.0 Å². The molecule has 3 aliphatic heterocycles. The molecule has 3 saturated heterocycles. The molecular formula is C21H26N2O2S. The lowest BCUT2D eigenvalue weighted by molar-refractivity contribution is -0.00138. The summed E-state index contributed by atoms with van der Waals surface area (Å²) in [6.45, 7) is 7.14. The first kappa shape index (κ1) is 16.6. The third-order valence-corrected chi connectivity index (χ3v) is 7.77. The van der Waals surface area contributed by atoms with Crippen molar-refractivity contribution in [2.75, 3.05) is 19.7 Å². The molecular weight excluding hydrogens is 344 g/mol. The first-order chi connectivity index (χ1) is 12.6. The number of piperidine rings is 3. The van der Waals surface area contributed by atoms with Crippen LogP contribution in [0.2, 0.25) is 0 Å². The molecule has 4 nitrogen and oxygen atoms in total. The molecule has 4 fully saturated rings. The summed E-state index contributed by atoms with van der Waals surface area (Å²) in [6.07, 6.45) is 4.95. The number of hydrogen-bond acceptors (Lipinski definition) is 4. The lowest BCUT2D eigenvalue weighted by atomic mass is 9.77. The van der Waals surface area contributed by atoms with Gasteiger partial charge >= 0.3 is 0 Å². The standard InChI is InChI=1S/C21H26N2O2S/c1-3-25-17-13(2)4-5-15-12-16(26-18(15)17)20(24)22-19-14-6-10-23(11-7-14)21(19)8-9-21/h4-5,12,14,19H,3,6-11H2,1-2H3,(H,22,24). The number of thiophene rings is 1. The average Bonchev–Trinajstić information content (AvgIpc) is 3.30. The van der Waals surface area contributed by atoms with Crippen molar-refractivity contribution in [2.24, 2.45) is 5.92 Å². The number of fused-ring (bicyclic) bond motifs is 3. The van der Waals surface area contributed by atoms with E-state index in [1.54, 1.807) is 11.3 Å². The number of aryl methyl sites for hydroxylation is 1. The lowest BCUT2D eigenvalue weighted by Gasteiger charge is -2.52. The number of benzene rings is 1. The third kappa shape index (κ3) is 2.40. The van der Waals surface area contributed by atoms with Gasteiger partial charge in [-0.2, -0.15) is 0 Å². The van der Waals surface area contributed by atoms with Crippen molar-refractivity contribution in [1.29, 1.82) is 0 Å². The van der Waals surface area contributed by atoms with Crippen LogP contribution in [0.15, 0.2) is 18.2 Å². The van der Waals surface area contributed by atoms with Gasteiger partial charge in [0.15, 0.2) is 0 Å². The number of rotatable bonds is 4. The molecule has 4 aliphatic rings. The van der Waals surface area contributed by atoms with Crippen molar-refractivity contribution in [3.05, 3.63) is 28.6 Å². The fourth-order valence-corrected chi connectivity index (χ4v) is 6.26. The largest absolute Gasteiger partial charge is 0.492 e. The molecule has 1 aromatic carbocycles. The van der Waals surface area contributed by atoms with E-state index < -0.39 is 0 Å². The Balaban J connectivity index is 1.43. The predicted octanol–water partition coefficient (Wildman–Crippen LogP) is 3.97. The maximum atomic E-state index is 13.1. The van der Waals surface area contributed by atoms with Gasteiger partial charge in [-0.1, -0.05) is 12.1 Å². The van der Waals surface area contributed by atoms with Crippen LogP contribution >= 0.6 is 11.3 Å². The molecule has 26 heavy (non-hydrogen) atoms. The molecule has 1 unspecified atom stereocenters. The van der Waals surface area contributed by atoms with E-state index >= 15 is 0 Å². The highest BCUT2D eigenvalue weighted by molar-refractivity contribution is 7.21. The summed E-state index contributed by atoms with van der Waals surface area (Å²) in [5, 5.41) is 4.54. The highest BCUT2D eigenvalue weighted by Crippen LogP contribution is 2.53. The van der Waals surface area contributed by atoms with E-state index in [0.29, 0.717) is 18.6 Å². The topological polar surface area (TPSA) is 41.6 Å². The van der Waals surface area contributed by atoms with Crippen molar-refractivity contribution in [2.45, 2.75) is 51.1 Å². The zero-order valence-corrected chi connectivity index (χ0v) is 16.3. The van der Waals surface area contributed by atoms with Crippen LogP contribution < -0.4 is 10.1 Å². The Kier molecular flexibility index (Phi) is 3.80. The minimum Gasteiger partial charge on any atom is -0.492 e. The third-order valence-electron chi connectivity index (χ3n) is 6.62. The van der Waals surface area contributed by atoms with Crippen molar-refractivity contribution >= 4 is 27.3 Å². The number of amides is 1. The maximum absolute atomic E-state index is 13.1. The maximum Gasteiger partial charge on any atom is 0.261 e. The highest BCUT2D eigenvalue weighted by atomic mass is 32.1. The molecule has 5 heteroatoms. The molecule has 1 spiro atoms. The van der Waals surface area contributed by atoms with Crippen molar-refractivity contribution in [1.82, 2.24) is 10.2 Å². The quantitative estimate of drug-likeness (QED) is 0.886. The predicted molar refractivity (Wildman–Crippen MR) is 105 cm³/mol. The fourth-order valence-electron chi connectivity index (χ4n) is 5.14. The monoisotopic (exact) mass is 370 g/mol. The number of nitrogens with one attached hydrogen (secondary N) is 1. The van der Waals surface area contributed by atoms with Gasteiger partial charge in [0.1, 0.15) is 5.75 Å². The van der Waals surface area contributed by atoms with E-state index in [-0.39, 0.29) is 11.4 Å². The summed E-state index contributed by atoms with van der Waals surface area (Å²) >= 11 is 1.56. The van der Waals surface area contributed by atoms with Crippen LogP contribution in [0, 0.1) is 12.8 Å². The summed E-state index contributed by atoms with van der Waals surface area (Å²) in [4.78, 5) is 16.5. The van der Waals surface area contributed by atoms with Gasteiger partial charge in [0.25, 0.3) is 5.91 Å². The van der Waals surface area contributed by atoms with E-state index in [1.165, 1.54) is 38.8 Å². The zero-order valence-electron chi connectivity index (χ0n) is 15.5. The molecule has 138 valence electrons. The van der Waals surface area contributed by atoms with Crippen LogP contribution in [0.4, 0.5) is 0 Å². The van der Waals surface area contributed by atoms with Crippen molar-refractivity contribution in [3.8, 4) is 5.75 Å². The van der Waals surface area contributed by atoms with Crippen LogP contribution in [-0.4, -0.2) is 42.1 Å². The minimum absolute atomic E-state index is 0.0938. The van der Waals surface area contributed by atoms with Gasteiger partial charge < -0.3 is 10.1 Å². The Hall–Kier alpha value is -1.59. The molecule has 1 aliphatic carbocycles. The zero-order chi connectivity index (χ0) is 17.9. The molecule has 2 bridgehead atoms. The first-order valence-corrected chi connectivity index (χ1v) is 10.7. The number of carbonyl (C=O) groups excluding carboxylic acids is 1. The van der Waals surface area contributed by atoms with Crippen LogP contribution in [-0.2, 0) is 0 Å². The van der Waals surface area contributed by atoms with E-state index in [4.69, 9.17) is 4.74 Å². The molecule has 1 aromatic heterocycles. The average molecular weight is 371 g/mol. The summed E-state index contributed by atoms with van der Waals surface area (Å²) in [7, 11) is 0. The molecule has 6 rings (SSSR count). The van der Waals surface area contributed by atoms with E-state index in [0.717, 1.165) is 26.3 Å². The molecule has 2 aromatic rings. The second-order valence-electron chi connectivity index (χ2n) is 8.05. The fraction of sp³-hybridized carbons (Fsp3) is 0.571. The Morgan fingerprint density at radius 3 is 2.81 bits per heavy atom. The first-order valence-electron chi connectivity index (χ1n) is 9.84. The van der Waals surface area contributed by atoms with Crippen LogP contribution in [0.25, 0.3) is 10.1 Å². The molecule has 4 heterocycles. The Labute approximate surface area is 158 Å². The summed E-state index contributed by atoms with van der Waals surface area (Å²) < 4.78 is 6.94. The van der Waals surface area contributed by atoms with Crippen LogP contribution in [0.3, 0.4) is 0 Å². The smallest absolute Gasteiger partial charge is 0.261 e. The summed E-state index contributed by atoms with van der Waals surface area (Å²) in [5.74, 6) is 1.67. The number of carbonyl (C=O) groups is 1. The molecule has 1 N–H and O–H groups in total. The molecule has 1 amide bonds. The van der Waals surface area contributed by atoms with Gasteiger partial charge in [0, 0.05) is 5.54 Å². The number of hydrogen-bond donors (Lipinski definition) is 1. The Bertz CT molecular complexity index is 862. The van der Waals surface area contributed by atoms with E-state index in [2.05, 4.69) is 29.3 Å². The number of ether oxygens (including phenoxy) is 1. The Morgan fingerprint density at radius 1 is 1.35 bits per heavy atom. The second kappa shape index (κ2) is 5.96. The normalized spacial score (nSPS) is 28.5. The molecule has 1 atom stereocenters. The van der Waals surface area contributed by atoms with Gasteiger partial charge in [0.05, 0.1) is 22.2 Å². The number of nitrogens with zero attached hydrogens (tertiary/aromatic N) is 1. The van der Waals surface area contributed by atoms with Gasteiger partial charge in [-0.15, -0.1) is 11.3 Å². The van der Waals surface area contributed by atoms with Gasteiger partial charge in [-0.25, -0.2) is 0 Å². The molecule has 1 saturated carbocycles.